The van der Waals surface area contributed by atoms with Crippen molar-refractivity contribution in [1.29, 1.82) is 0 Å². The topological polar surface area (TPSA) is 77.2 Å². The predicted octanol–water partition coefficient (Wildman–Crippen LogP) is 4.08. The highest BCUT2D eigenvalue weighted by Crippen LogP contribution is 2.24. The molecule has 0 spiro atoms. The number of carbonyl (C=O) groups is 1. The lowest BCUT2D eigenvalue weighted by Crippen LogP contribution is -2.13. The normalized spacial score (nSPS) is 11.8. The third kappa shape index (κ3) is 5.06. The van der Waals surface area contributed by atoms with Crippen LogP contribution in [0.4, 0.5) is 10.1 Å². The standard InChI is InChI=1S/C18H16FN3O3S/c1-12(24-15-9-7-13(19)8-10-15)17-21-22-18(25-17)26-11-16(23)20-14-5-3-2-4-6-14/h2-10,12H,11H2,1H3,(H,20,23)/t12-/m1/s1. The van der Waals surface area contributed by atoms with Crippen LogP contribution in [-0.4, -0.2) is 21.9 Å². The van der Waals surface area contributed by atoms with Gasteiger partial charge < -0.3 is 14.5 Å². The fourth-order valence-corrected chi connectivity index (χ4v) is 2.63. The Kier molecular flexibility index (Phi) is 5.85. The molecule has 6 nitrogen and oxygen atoms in total. The van der Waals surface area contributed by atoms with Crippen LogP contribution in [0.5, 0.6) is 5.75 Å². The van der Waals surface area contributed by atoms with E-state index in [0.29, 0.717) is 5.75 Å². The van der Waals surface area contributed by atoms with E-state index in [9.17, 15) is 9.18 Å². The maximum Gasteiger partial charge on any atom is 0.277 e. The third-order valence-electron chi connectivity index (χ3n) is 3.28. The summed E-state index contributed by atoms with van der Waals surface area (Å²) in [7, 11) is 0. The van der Waals surface area contributed by atoms with E-state index in [2.05, 4.69) is 15.5 Å². The van der Waals surface area contributed by atoms with Gasteiger partial charge in [-0.15, -0.1) is 10.2 Å². The number of thioether (sulfide) groups is 1. The zero-order valence-electron chi connectivity index (χ0n) is 13.9. The van der Waals surface area contributed by atoms with Crippen LogP contribution in [0.25, 0.3) is 0 Å². The van der Waals surface area contributed by atoms with Gasteiger partial charge in [-0.05, 0) is 43.3 Å². The molecule has 3 aromatic rings. The lowest BCUT2D eigenvalue weighted by Gasteiger charge is -2.10. The van der Waals surface area contributed by atoms with Gasteiger partial charge >= 0.3 is 0 Å². The molecule has 1 aromatic heterocycles. The van der Waals surface area contributed by atoms with Crippen LogP contribution in [-0.2, 0) is 4.79 Å². The summed E-state index contributed by atoms with van der Waals surface area (Å²) in [5.74, 6) is 0.407. The van der Waals surface area contributed by atoms with Gasteiger partial charge in [-0.3, -0.25) is 4.79 Å². The number of ether oxygens (including phenoxy) is 1. The van der Waals surface area contributed by atoms with Crippen molar-refractivity contribution in [2.24, 2.45) is 0 Å². The zero-order valence-corrected chi connectivity index (χ0v) is 14.7. The average Bonchev–Trinajstić information content (AvgIpc) is 3.12. The summed E-state index contributed by atoms with van der Waals surface area (Å²) in [6.07, 6.45) is -0.500. The van der Waals surface area contributed by atoms with Crippen LogP contribution in [0.1, 0.15) is 18.9 Å². The summed E-state index contributed by atoms with van der Waals surface area (Å²) >= 11 is 1.14. The second-order valence-corrected chi connectivity index (χ2v) is 6.25. The molecule has 1 atom stereocenters. The molecule has 0 bridgehead atoms. The molecule has 0 aliphatic rings. The molecule has 0 unspecified atom stereocenters. The molecule has 1 amide bonds. The molecule has 0 saturated heterocycles. The SMILES string of the molecule is C[C@@H](Oc1ccc(F)cc1)c1nnc(SCC(=O)Nc2ccccc2)o1. The molecule has 0 radical (unpaired) electrons. The van der Waals surface area contributed by atoms with Crippen molar-refractivity contribution in [3.63, 3.8) is 0 Å². The average molecular weight is 373 g/mol. The van der Waals surface area contributed by atoms with E-state index >= 15 is 0 Å². The Morgan fingerprint density at radius 1 is 1.19 bits per heavy atom. The molecule has 0 aliphatic heterocycles. The number of para-hydroxylation sites is 1. The number of hydrogen-bond acceptors (Lipinski definition) is 6. The van der Waals surface area contributed by atoms with Crippen LogP contribution < -0.4 is 10.1 Å². The molecular formula is C18H16FN3O3S. The number of halogens is 1. The highest BCUT2D eigenvalue weighted by atomic mass is 32.2. The molecule has 0 fully saturated rings. The molecule has 2 aromatic carbocycles. The lowest BCUT2D eigenvalue weighted by atomic mass is 10.3. The number of rotatable bonds is 7. The largest absolute Gasteiger partial charge is 0.481 e. The Labute approximate surface area is 153 Å². The number of anilines is 1. The van der Waals surface area contributed by atoms with Crippen molar-refractivity contribution >= 4 is 23.4 Å². The third-order valence-corrected chi connectivity index (χ3v) is 4.10. The number of carbonyl (C=O) groups excluding carboxylic acids is 1. The molecule has 134 valence electrons. The van der Waals surface area contributed by atoms with E-state index in [4.69, 9.17) is 9.15 Å². The molecule has 0 aliphatic carbocycles. The molecule has 1 N–H and O–H groups in total. The second kappa shape index (κ2) is 8.48. The van der Waals surface area contributed by atoms with E-state index < -0.39 is 6.10 Å². The van der Waals surface area contributed by atoms with Crippen LogP contribution in [0.3, 0.4) is 0 Å². The molecule has 26 heavy (non-hydrogen) atoms. The molecule has 0 saturated carbocycles. The molecule has 1 heterocycles. The first kappa shape index (κ1) is 17.9. The first-order valence-electron chi connectivity index (χ1n) is 7.83. The minimum atomic E-state index is -0.500. The van der Waals surface area contributed by atoms with Crippen molar-refractivity contribution < 1.29 is 18.3 Å². The number of hydrogen-bond donors (Lipinski definition) is 1. The van der Waals surface area contributed by atoms with E-state index in [0.717, 1.165) is 17.4 Å². The minimum Gasteiger partial charge on any atom is -0.481 e. The Morgan fingerprint density at radius 3 is 2.65 bits per heavy atom. The summed E-state index contributed by atoms with van der Waals surface area (Å²) in [5.41, 5.74) is 0.727. The Morgan fingerprint density at radius 2 is 1.92 bits per heavy atom. The van der Waals surface area contributed by atoms with Gasteiger partial charge in [0.05, 0.1) is 5.75 Å². The fourth-order valence-electron chi connectivity index (χ4n) is 2.06. The van der Waals surface area contributed by atoms with Crippen LogP contribution in [0.15, 0.2) is 64.2 Å². The summed E-state index contributed by atoms with van der Waals surface area (Å²) in [6, 6.07) is 14.8. The molecule has 8 heteroatoms. The van der Waals surface area contributed by atoms with Crippen LogP contribution in [0.2, 0.25) is 0 Å². The molecular weight excluding hydrogens is 357 g/mol. The lowest BCUT2D eigenvalue weighted by molar-refractivity contribution is -0.113. The van der Waals surface area contributed by atoms with Crippen LogP contribution in [0, 0.1) is 5.82 Å². The van der Waals surface area contributed by atoms with Gasteiger partial charge in [-0.1, -0.05) is 30.0 Å². The van der Waals surface area contributed by atoms with E-state index in [-0.39, 0.29) is 28.6 Å². The van der Waals surface area contributed by atoms with Crippen molar-refractivity contribution in [1.82, 2.24) is 10.2 Å². The minimum absolute atomic E-state index is 0.143. The van der Waals surface area contributed by atoms with E-state index in [1.165, 1.54) is 24.3 Å². The zero-order chi connectivity index (χ0) is 18.4. The predicted molar refractivity (Wildman–Crippen MR) is 95.5 cm³/mol. The highest BCUT2D eigenvalue weighted by Gasteiger charge is 2.17. The summed E-state index contributed by atoms with van der Waals surface area (Å²) < 4.78 is 24.0. The van der Waals surface area contributed by atoms with Crippen LogP contribution >= 0.6 is 11.8 Å². The quantitative estimate of drug-likeness (QED) is 0.629. The number of amides is 1. The second-order valence-electron chi connectivity index (χ2n) is 5.32. The van der Waals surface area contributed by atoms with Gasteiger partial charge in [0.15, 0.2) is 6.10 Å². The Hall–Kier alpha value is -2.87. The molecule has 3 rings (SSSR count). The van der Waals surface area contributed by atoms with E-state index in [1.54, 1.807) is 6.92 Å². The summed E-state index contributed by atoms with van der Waals surface area (Å²) in [5, 5.41) is 10.9. The Balaban J connectivity index is 1.50. The van der Waals surface area contributed by atoms with Gasteiger partial charge in [0, 0.05) is 5.69 Å². The van der Waals surface area contributed by atoms with Gasteiger partial charge in [-0.25, -0.2) is 4.39 Å². The number of benzene rings is 2. The fraction of sp³-hybridized carbons (Fsp3) is 0.167. The Bertz CT molecular complexity index is 856. The number of aromatic nitrogens is 2. The monoisotopic (exact) mass is 373 g/mol. The van der Waals surface area contributed by atoms with Crippen molar-refractivity contribution in [3.05, 3.63) is 66.3 Å². The van der Waals surface area contributed by atoms with Crippen molar-refractivity contribution in [2.45, 2.75) is 18.3 Å². The van der Waals surface area contributed by atoms with Gasteiger partial charge in [0.2, 0.25) is 5.91 Å². The first-order valence-corrected chi connectivity index (χ1v) is 8.82. The maximum absolute atomic E-state index is 12.9. The van der Waals surface area contributed by atoms with Crippen molar-refractivity contribution in [3.8, 4) is 5.75 Å². The summed E-state index contributed by atoms with van der Waals surface area (Å²) in [6.45, 7) is 1.74. The number of nitrogens with one attached hydrogen (secondary N) is 1. The van der Waals surface area contributed by atoms with Gasteiger partial charge in [0.25, 0.3) is 11.1 Å². The first-order chi connectivity index (χ1) is 12.6. The summed E-state index contributed by atoms with van der Waals surface area (Å²) in [4.78, 5) is 11.9. The highest BCUT2D eigenvalue weighted by molar-refractivity contribution is 7.99. The van der Waals surface area contributed by atoms with Gasteiger partial charge in [0.1, 0.15) is 11.6 Å². The van der Waals surface area contributed by atoms with Crippen molar-refractivity contribution in [2.75, 3.05) is 11.1 Å². The maximum atomic E-state index is 12.9. The van der Waals surface area contributed by atoms with Gasteiger partial charge in [-0.2, -0.15) is 0 Å². The smallest absolute Gasteiger partial charge is 0.277 e. The van der Waals surface area contributed by atoms with E-state index in [1.807, 2.05) is 30.3 Å². The number of nitrogens with zero attached hydrogens (tertiary/aromatic N) is 2.